The summed E-state index contributed by atoms with van der Waals surface area (Å²) < 4.78 is 0. The van der Waals surface area contributed by atoms with Crippen LogP contribution in [0.25, 0.3) is 0 Å². The van der Waals surface area contributed by atoms with Gasteiger partial charge in [-0.1, -0.05) is 30.3 Å². The molecule has 2 amide bonds. The highest BCUT2D eigenvalue weighted by Gasteiger charge is 2.26. The zero-order valence-corrected chi connectivity index (χ0v) is 12.2. The van der Waals surface area contributed by atoms with Crippen LogP contribution in [0.3, 0.4) is 0 Å². The van der Waals surface area contributed by atoms with Crippen LogP contribution in [0.15, 0.2) is 48.5 Å². The number of primary amides is 1. The van der Waals surface area contributed by atoms with Crippen LogP contribution in [0.4, 0.5) is 5.69 Å². The topological polar surface area (TPSA) is 72.2 Å². The lowest BCUT2D eigenvalue weighted by molar-refractivity contribution is -0.117. The average Bonchev–Trinajstić information content (AvgIpc) is 2.54. The number of rotatable bonds is 3. The number of nitrogens with one attached hydrogen (secondary N) is 1. The summed E-state index contributed by atoms with van der Waals surface area (Å²) in [5.74, 6) is -0.671. The van der Waals surface area contributed by atoms with Gasteiger partial charge in [-0.05, 0) is 48.6 Å². The third-order valence-corrected chi connectivity index (χ3v) is 4.10. The summed E-state index contributed by atoms with van der Waals surface area (Å²) in [6, 6.07) is 14.8. The largest absolute Gasteiger partial charge is 0.366 e. The van der Waals surface area contributed by atoms with E-state index in [2.05, 4.69) is 11.4 Å². The van der Waals surface area contributed by atoms with Gasteiger partial charge in [0, 0.05) is 11.3 Å². The summed E-state index contributed by atoms with van der Waals surface area (Å²) in [6.07, 6.45) is 2.88. The van der Waals surface area contributed by atoms with E-state index in [0.29, 0.717) is 11.3 Å². The van der Waals surface area contributed by atoms with Gasteiger partial charge in [0.25, 0.3) is 0 Å². The van der Waals surface area contributed by atoms with Gasteiger partial charge in [-0.3, -0.25) is 9.59 Å². The van der Waals surface area contributed by atoms with Crippen LogP contribution in [0.1, 0.15) is 40.2 Å². The number of aryl methyl sites for hydroxylation is 1. The lowest BCUT2D eigenvalue weighted by atomic mass is 9.82. The summed E-state index contributed by atoms with van der Waals surface area (Å²) in [4.78, 5) is 23.8. The molecule has 0 radical (unpaired) electrons. The number of carbonyl (C=O) groups excluding carboxylic acids is 2. The van der Waals surface area contributed by atoms with Crippen LogP contribution in [0.2, 0.25) is 0 Å². The SMILES string of the molecule is NC(=O)c1cccc(NC(=O)[C@H]2CCCc3ccccc32)c1. The second kappa shape index (κ2) is 6.02. The predicted octanol–water partition coefficient (Wildman–Crippen LogP) is 2.84. The van der Waals surface area contributed by atoms with E-state index >= 15 is 0 Å². The smallest absolute Gasteiger partial charge is 0.248 e. The van der Waals surface area contributed by atoms with Crippen LogP contribution >= 0.6 is 0 Å². The van der Waals surface area contributed by atoms with Gasteiger partial charge in [0.1, 0.15) is 0 Å². The molecule has 1 atom stereocenters. The van der Waals surface area contributed by atoms with E-state index in [1.807, 2.05) is 18.2 Å². The minimum Gasteiger partial charge on any atom is -0.366 e. The lowest BCUT2D eigenvalue weighted by Crippen LogP contribution is -2.24. The van der Waals surface area contributed by atoms with Crippen molar-refractivity contribution in [3.63, 3.8) is 0 Å². The Morgan fingerprint density at radius 1 is 1.09 bits per heavy atom. The van der Waals surface area contributed by atoms with Crippen molar-refractivity contribution in [1.29, 1.82) is 0 Å². The molecule has 112 valence electrons. The molecule has 0 fully saturated rings. The van der Waals surface area contributed by atoms with E-state index in [9.17, 15) is 9.59 Å². The summed E-state index contributed by atoms with van der Waals surface area (Å²) in [5, 5.41) is 2.90. The van der Waals surface area contributed by atoms with Gasteiger partial charge in [-0.2, -0.15) is 0 Å². The van der Waals surface area contributed by atoms with E-state index in [-0.39, 0.29) is 11.8 Å². The maximum absolute atomic E-state index is 12.6. The summed E-state index contributed by atoms with van der Waals surface area (Å²) in [6.45, 7) is 0. The first-order chi connectivity index (χ1) is 10.6. The highest BCUT2D eigenvalue weighted by atomic mass is 16.2. The van der Waals surface area contributed by atoms with Gasteiger partial charge in [0.05, 0.1) is 5.92 Å². The van der Waals surface area contributed by atoms with Crippen LogP contribution < -0.4 is 11.1 Å². The zero-order valence-electron chi connectivity index (χ0n) is 12.2. The standard InChI is InChI=1S/C18H18N2O2/c19-17(21)13-7-3-8-14(11-13)20-18(22)16-10-4-6-12-5-1-2-9-15(12)16/h1-3,5,7-9,11,16H,4,6,10H2,(H2,19,21)(H,20,22)/t16-/m0/s1. The van der Waals surface area contributed by atoms with E-state index in [1.165, 1.54) is 5.56 Å². The average molecular weight is 294 g/mol. The van der Waals surface area contributed by atoms with Crippen LogP contribution in [0.5, 0.6) is 0 Å². The van der Waals surface area contributed by atoms with E-state index in [1.54, 1.807) is 24.3 Å². The summed E-state index contributed by atoms with van der Waals surface area (Å²) in [5.41, 5.74) is 8.62. The molecule has 0 saturated carbocycles. The fourth-order valence-electron chi connectivity index (χ4n) is 3.01. The molecular formula is C18H18N2O2. The number of carbonyl (C=O) groups is 2. The maximum atomic E-state index is 12.6. The van der Waals surface area contributed by atoms with Gasteiger partial charge < -0.3 is 11.1 Å². The Balaban J connectivity index is 1.81. The third-order valence-electron chi connectivity index (χ3n) is 4.10. The Labute approximate surface area is 129 Å². The quantitative estimate of drug-likeness (QED) is 0.913. The fraction of sp³-hybridized carbons (Fsp3) is 0.222. The molecule has 0 unspecified atom stereocenters. The second-order valence-electron chi connectivity index (χ2n) is 5.58. The summed E-state index contributed by atoms with van der Waals surface area (Å²) in [7, 11) is 0. The molecule has 0 spiro atoms. The molecule has 1 aliphatic rings. The van der Waals surface area contributed by atoms with Crippen molar-refractivity contribution in [3.05, 3.63) is 65.2 Å². The maximum Gasteiger partial charge on any atom is 0.248 e. The number of anilines is 1. The van der Waals surface area contributed by atoms with E-state index < -0.39 is 5.91 Å². The van der Waals surface area contributed by atoms with Crippen molar-refractivity contribution in [2.45, 2.75) is 25.2 Å². The molecular weight excluding hydrogens is 276 g/mol. The molecule has 0 saturated heterocycles. The van der Waals surface area contributed by atoms with Crippen LogP contribution in [-0.4, -0.2) is 11.8 Å². The van der Waals surface area contributed by atoms with Crippen molar-refractivity contribution in [2.75, 3.05) is 5.32 Å². The number of hydrogen-bond donors (Lipinski definition) is 2. The number of benzene rings is 2. The molecule has 4 heteroatoms. The number of nitrogens with two attached hydrogens (primary N) is 1. The molecule has 2 aromatic carbocycles. The molecule has 3 N–H and O–H groups in total. The van der Waals surface area contributed by atoms with E-state index in [0.717, 1.165) is 24.8 Å². The Morgan fingerprint density at radius 3 is 2.73 bits per heavy atom. The van der Waals surface area contributed by atoms with Crippen molar-refractivity contribution in [1.82, 2.24) is 0 Å². The first-order valence-electron chi connectivity index (χ1n) is 7.43. The van der Waals surface area contributed by atoms with E-state index in [4.69, 9.17) is 5.73 Å². The Bertz CT molecular complexity index is 725. The normalized spacial score (nSPS) is 16.6. The molecule has 4 nitrogen and oxygen atoms in total. The molecule has 0 heterocycles. The van der Waals surface area contributed by atoms with Crippen molar-refractivity contribution in [2.24, 2.45) is 5.73 Å². The lowest BCUT2D eigenvalue weighted by Gasteiger charge is -2.24. The molecule has 0 aromatic heterocycles. The first kappa shape index (κ1) is 14.3. The predicted molar refractivity (Wildman–Crippen MR) is 85.7 cm³/mol. The van der Waals surface area contributed by atoms with Gasteiger partial charge in [-0.15, -0.1) is 0 Å². The van der Waals surface area contributed by atoms with Gasteiger partial charge in [0.2, 0.25) is 11.8 Å². The molecule has 1 aliphatic carbocycles. The Hall–Kier alpha value is -2.62. The minimum atomic E-state index is -0.501. The number of amides is 2. The molecule has 0 aliphatic heterocycles. The van der Waals surface area contributed by atoms with Crippen LogP contribution in [-0.2, 0) is 11.2 Å². The van der Waals surface area contributed by atoms with Gasteiger partial charge in [0.15, 0.2) is 0 Å². The van der Waals surface area contributed by atoms with Gasteiger partial charge in [-0.25, -0.2) is 0 Å². The highest BCUT2D eigenvalue weighted by Crippen LogP contribution is 2.32. The highest BCUT2D eigenvalue weighted by molar-refractivity contribution is 5.98. The third kappa shape index (κ3) is 2.86. The van der Waals surface area contributed by atoms with Gasteiger partial charge >= 0.3 is 0 Å². The summed E-state index contributed by atoms with van der Waals surface area (Å²) >= 11 is 0. The molecule has 3 rings (SSSR count). The Morgan fingerprint density at radius 2 is 1.91 bits per heavy atom. The molecule has 2 aromatic rings. The Kier molecular flexibility index (Phi) is 3.92. The van der Waals surface area contributed by atoms with Crippen molar-refractivity contribution in [3.8, 4) is 0 Å². The molecule has 22 heavy (non-hydrogen) atoms. The minimum absolute atomic E-state index is 0.0335. The number of hydrogen-bond acceptors (Lipinski definition) is 2. The first-order valence-corrected chi connectivity index (χ1v) is 7.43. The fourth-order valence-corrected chi connectivity index (χ4v) is 3.01. The molecule has 0 bridgehead atoms. The zero-order chi connectivity index (χ0) is 15.5. The number of fused-ring (bicyclic) bond motifs is 1. The second-order valence-corrected chi connectivity index (χ2v) is 5.58. The van der Waals surface area contributed by atoms with Crippen molar-refractivity contribution < 1.29 is 9.59 Å². The monoisotopic (exact) mass is 294 g/mol. The van der Waals surface area contributed by atoms with Crippen LogP contribution in [0, 0.1) is 0 Å². The van der Waals surface area contributed by atoms with Crippen molar-refractivity contribution >= 4 is 17.5 Å².